The molecule has 2 aliphatic rings. The number of esters is 4. The van der Waals surface area contributed by atoms with Crippen molar-refractivity contribution in [2.75, 3.05) is 6.61 Å². The van der Waals surface area contributed by atoms with Gasteiger partial charge in [0.1, 0.15) is 12.7 Å². The van der Waals surface area contributed by atoms with Crippen molar-refractivity contribution in [2.45, 2.75) is 70.6 Å². The van der Waals surface area contributed by atoms with Crippen molar-refractivity contribution >= 4 is 46.0 Å². The second-order valence-corrected chi connectivity index (χ2v) is 9.41. The maximum Gasteiger partial charge on any atom is 0.324 e. The molecule has 0 saturated carbocycles. The SMILES string of the molecule is CC(=O)OC[C@H]1O[C@@H](O[C@@H]2C(=O)C=CO[C@@H]2c2ccc([N+](=O)[O-])s2)[C@H](OC(C)=O)[C@@H](OC(C)=O)[C@@H]1OC(C)=O. The third-order valence-electron chi connectivity index (χ3n) is 5.31. The van der Waals surface area contributed by atoms with Crippen LogP contribution in [-0.4, -0.2) is 78.0 Å². The summed E-state index contributed by atoms with van der Waals surface area (Å²) in [6, 6.07) is 2.63. The molecule has 0 unspecified atom stereocenters. The van der Waals surface area contributed by atoms with Crippen LogP contribution in [0.3, 0.4) is 0 Å². The third kappa shape index (κ3) is 7.58. The van der Waals surface area contributed by atoms with E-state index in [4.69, 9.17) is 33.2 Å². The van der Waals surface area contributed by atoms with Gasteiger partial charge in [0.05, 0.1) is 16.1 Å². The van der Waals surface area contributed by atoms with E-state index in [1.54, 1.807) is 0 Å². The van der Waals surface area contributed by atoms with Crippen molar-refractivity contribution in [3.8, 4) is 0 Å². The average Bonchev–Trinajstić information content (AvgIpc) is 3.32. The van der Waals surface area contributed by atoms with Gasteiger partial charge in [-0.3, -0.25) is 34.1 Å². The molecular weight excluding hydrogens is 546 g/mol. The number of carbonyl (C=O) groups is 5. The van der Waals surface area contributed by atoms with E-state index in [-0.39, 0.29) is 9.88 Å². The molecule has 1 fully saturated rings. The van der Waals surface area contributed by atoms with E-state index in [0.29, 0.717) is 0 Å². The van der Waals surface area contributed by atoms with Crippen molar-refractivity contribution in [1.29, 1.82) is 0 Å². The van der Waals surface area contributed by atoms with E-state index in [9.17, 15) is 34.1 Å². The van der Waals surface area contributed by atoms with Gasteiger partial charge in [-0.2, -0.15) is 0 Å². The van der Waals surface area contributed by atoms with Crippen LogP contribution in [0.5, 0.6) is 0 Å². The normalized spacial score (nSPS) is 28.1. The number of ketones is 1. The Balaban J connectivity index is 2.01. The Morgan fingerprint density at radius 1 is 0.949 bits per heavy atom. The maximum atomic E-state index is 12.9. The minimum Gasteiger partial charge on any atom is -0.489 e. The molecular formula is C23H25NO14S. The van der Waals surface area contributed by atoms with Crippen LogP contribution < -0.4 is 0 Å². The third-order valence-corrected chi connectivity index (χ3v) is 6.41. The van der Waals surface area contributed by atoms with Crippen LogP contribution in [0.15, 0.2) is 24.5 Å². The number of ether oxygens (including phenoxy) is 7. The minimum absolute atomic E-state index is 0.207. The second kappa shape index (κ2) is 12.8. The van der Waals surface area contributed by atoms with Crippen LogP contribution >= 0.6 is 11.3 Å². The van der Waals surface area contributed by atoms with E-state index in [0.717, 1.165) is 51.4 Å². The maximum absolute atomic E-state index is 12.9. The van der Waals surface area contributed by atoms with E-state index in [2.05, 4.69) is 0 Å². The Kier molecular flexibility index (Phi) is 9.71. The van der Waals surface area contributed by atoms with Gasteiger partial charge in [-0.05, 0) is 6.07 Å². The molecule has 0 radical (unpaired) electrons. The fraction of sp³-hybridized carbons (Fsp3) is 0.522. The largest absolute Gasteiger partial charge is 0.489 e. The molecule has 0 aromatic carbocycles. The predicted molar refractivity (Wildman–Crippen MR) is 126 cm³/mol. The summed E-state index contributed by atoms with van der Waals surface area (Å²) in [5.74, 6) is -3.83. The highest BCUT2D eigenvalue weighted by atomic mass is 32.1. The van der Waals surface area contributed by atoms with Gasteiger partial charge in [0.15, 0.2) is 42.6 Å². The molecule has 0 bridgehead atoms. The summed E-state index contributed by atoms with van der Waals surface area (Å²) < 4.78 is 38.3. The molecule has 16 heteroatoms. The zero-order valence-electron chi connectivity index (χ0n) is 21.1. The summed E-state index contributed by atoms with van der Waals surface area (Å²) >= 11 is 0.754. The number of nitro groups is 1. The first-order chi connectivity index (χ1) is 18.4. The lowest BCUT2D eigenvalue weighted by atomic mass is 9.97. The van der Waals surface area contributed by atoms with Crippen LogP contribution in [0.25, 0.3) is 0 Å². The quantitative estimate of drug-likeness (QED) is 0.178. The number of hydrogen-bond donors (Lipinski definition) is 0. The molecule has 2 aliphatic heterocycles. The first kappa shape index (κ1) is 29.7. The fourth-order valence-corrected chi connectivity index (χ4v) is 4.78. The smallest absolute Gasteiger partial charge is 0.324 e. The molecule has 7 atom stereocenters. The summed E-state index contributed by atoms with van der Waals surface area (Å²) in [5.41, 5.74) is 0. The highest BCUT2D eigenvalue weighted by molar-refractivity contribution is 7.15. The van der Waals surface area contributed by atoms with Crippen molar-refractivity contribution in [1.82, 2.24) is 0 Å². The van der Waals surface area contributed by atoms with E-state index >= 15 is 0 Å². The summed E-state index contributed by atoms with van der Waals surface area (Å²) in [7, 11) is 0. The number of nitrogens with zero attached hydrogens (tertiary/aromatic N) is 1. The van der Waals surface area contributed by atoms with E-state index < -0.39 is 84.1 Å². The Bertz CT molecular complexity index is 1160. The Labute approximate surface area is 225 Å². The Hall–Kier alpha value is -3.89. The molecule has 0 amide bonds. The Morgan fingerprint density at radius 2 is 1.56 bits per heavy atom. The zero-order valence-corrected chi connectivity index (χ0v) is 21.9. The molecule has 1 aromatic heterocycles. The van der Waals surface area contributed by atoms with Gasteiger partial charge >= 0.3 is 28.9 Å². The standard InChI is InChI=1S/C23H25NO14S/c1-10(25)33-9-15-19(34-11(2)26)21(35-12(3)27)22(36-13(4)28)23(37-15)38-18-14(29)7-8-32-20(18)16-5-6-17(39-16)24(30)31/h5-8,15,18-23H,9H2,1-4H3/t15-,18-,19-,20-,21+,22-,23+/m1/s1. The number of carbonyl (C=O) groups excluding carboxylic acids is 5. The second-order valence-electron chi connectivity index (χ2n) is 8.32. The first-order valence-corrected chi connectivity index (χ1v) is 12.2. The molecule has 39 heavy (non-hydrogen) atoms. The van der Waals surface area contributed by atoms with Gasteiger partial charge in [0.2, 0.25) is 0 Å². The molecule has 15 nitrogen and oxygen atoms in total. The monoisotopic (exact) mass is 571 g/mol. The first-order valence-electron chi connectivity index (χ1n) is 11.4. The van der Waals surface area contributed by atoms with Gasteiger partial charge in [-0.25, -0.2) is 0 Å². The van der Waals surface area contributed by atoms with Gasteiger partial charge in [-0.1, -0.05) is 11.3 Å². The number of rotatable bonds is 9. The lowest BCUT2D eigenvalue weighted by molar-refractivity contribution is -0.380. The van der Waals surface area contributed by atoms with Gasteiger partial charge in [0, 0.05) is 39.8 Å². The molecule has 0 spiro atoms. The van der Waals surface area contributed by atoms with Crippen LogP contribution in [0.4, 0.5) is 5.00 Å². The number of hydrogen-bond acceptors (Lipinski definition) is 15. The van der Waals surface area contributed by atoms with E-state index in [1.165, 1.54) is 12.1 Å². The van der Waals surface area contributed by atoms with Crippen LogP contribution in [0.1, 0.15) is 38.7 Å². The van der Waals surface area contributed by atoms with Crippen molar-refractivity contribution < 1.29 is 62.1 Å². The molecule has 0 N–H and O–H groups in total. The molecule has 3 rings (SSSR count). The predicted octanol–water partition coefficient (Wildman–Crippen LogP) is 1.28. The summed E-state index contributed by atoms with van der Waals surface area (Å²) in [6.45, 7) is 3.82. The average molecular weight is 572 g/mol. The summed E-state index contributed by atoms with van der Waals surface area (Å²) in [6.07, 6.45) is -7.89. The topological polar surface area (TPSA) is 193 Å². The molecule has 1 saturated heterocycles. The Morgan fingerprint density at radius 3 is 2.13 bits per heavy atom. The lowest BCUT2D eigenvalue weighted by Gasteiger charge is -2.45. The van der Waals surface area contributed by atoms with E-state index in [1.807, 2.05) is 0 Å². The number of thiophene rings is 1. The van der Waals surface area contributed by atoms with Crippen LogP contribution in [0.2, 0.25) is 0 Å². The lowest BCUT2D eigenvalue weighted by Crippen LogP contribution is -2.63. The van der Waals surface area contributed by atoms with Crippen molar-refractivity contribution in [2.24, 2.45) is 0 Å². The van der Waals surface area contributed by atoms with Crippen LogP contribution in [-0.2, 0) is 57.1 Å². The van der Waals surface area contributed by atoms with Gasteiger partial charge < -0.3 is 33.2 Å². The fourth-order valence-electron chi connectivity index (χ4n) is 3.90. The van der Waals surface area contributed by atoms with Crippen LogP contribution in [0, 0.1) is 10.1 Å². The molecule has 212 valence electrons. The minimum atomic E-state index is -1.65. The van der Waals surface area contributed by atoms with Gasteiger partial charge in [-0.15, -0.1) is 0 Å². The van der Waals surface area contributed by atoms with Crippen molar-refractivity contribution in [3.63, 3.8) is 0 Å². The van der Waals surface area contributed by atoms with Gasteiger partial charge in [0.25, 0.3) is 0 Å². The zero-order chi connectivity index (χ0) is 28.9. The summed E-state index contributed by atoms with van der Waals surface area (Å²) in [5, 5.41) is 11.0. The summed E-state index contributed by atoms with van der Waals surface area (Å²) in [4.78, 5) is 71.1. The molecule has 1 aromatic rings. The highest BCUT2D eigenvalue weighted by Gasteiger charge is 2.54. The highest BCUT2D eigenvalue weighted by Crippen LogP contribution is 2.38. The molecule has 3 heterocycles. The van der Waals surface area contributed by atoms with Crippen molar-refractivity contribution in [3.05, 3.63) is 39.5 Å². The molecule has 0 aliphatic carbocycles.